The van der Waals surface area contributed by atoms with Crippen molar-refractivity contribution in [2.45, 2.75) is 32.4 Å². The zero-order valence-electron chi connectivity index (χ0n) is 10.8. The van der Waals surface area contributed by atoms with E-state index in [1.807, 2.05) is 6.92 Å². The molecule has 2 unspecified atom stereocenters. The predicted octanol–water partition coefficient (Wildman–Crippen LogP) is 1.29. The quantitative estimate of drug-likeness (QED) is 0.739. The van der Waals surface area contributed by atoms with Crippen LogP contribution >= 0.6 is 0 Å². The van der Waals surface area contributed by atoms with Crippen LogP contribution in [0.1, 0.15) is 30.6 Å². The minimum atomic E-state index is -0.468. The van der Waals surface area contributed by atoms with Crippen LogP contribution in [0.5, 0.6) is 11.5 Å². The maximum Gasteiger partial charge on any atom is 0.251 e. The molecule has 0 aliphatic heterocycles. The van der Waals surface area contributed by atoms with Gasteiger partial charge in [-0.1, -0.05) is 0 Å². The van der Waals surface area contributed by atoms with E-state index in [1.54, 1.807) is 13.0 Å². The zero-order valence-corrected chi connectivity index (χ0v) is 10.8. The van der Waals surface area contributed by atoms with Crippen LogP contribution < -0.4 is 10.1 Å². The van der Waals surface area contributed by atoms with Crippen molar-refractivity contribution in [2.24, 2.45) is 0 Å². The van der Waals surface area contributed by atoms with Gasteiger partial charge in [0.25, 0.3) is 5.91 Å². The third-order valence-corrected chi connectivity index (χ3v) is 2.51. The standard InChI is InChI=1S/C13H19NO4/c1-8(6-9(2)15)14-13(17)10-4-5-12(18-3)11(16)7-10/h4-5,7-9,15-16H,6H2,1-3H3,(H,14,17). The molecule has 0 aromatic heterocycles. The van der Waals surface area contributed by atoms with Crippen LogP contribution in [-0.4, -0.2) is 35.4 Å². The van der Waals surface area contributed by atoms with E-state index in [2.05, 4.69) is 5.32 Å². The van der Waals surface area contributed by atoms with Gasteiger partial charge in [-0.25, -0.2) is 0 Å². The Morgan fingerprint density at radius 1 is 1.44 bits per heavy atom. The minimum absolute atomic E-state index is 0.0756. The highest BCUT2D eigenvalue weighted by atomic mass is 16.5. The van der Waals surface area contributed by atoms with E-state index in [9.17, 15) is 15.0 Å². The Labute approximate surface area is 106 Å². The predicted molar refractivity (Wildman–Crippen MR) is 67.9 cm³/mol. The van der Waals surface area contributed by atoms with Crippen LogP contribution in [0, 0.1) is 0 Å². The molecule has 0 heterocycles. The molecule has 0 radical (unpaired) electrons. The highest BCUT2D eigenvalue weighted by Crippen LogP contribution is 2.26. The minimum Gasteiger partial charge on any atom is -0.504 e. The number of amides is 1. The van der Waals surface area contributed by atoms with E-state index in [1.165, 1.54) is 19.2 Å². The van der Waals surface area contributed by atoms with Crippen molar-refractivity contribution in [3.8, 4) is 11.5 Å². The smallest absolute Gasteiger partial charge is 0.251 e. The molecule has 0 spiro atoms. The first-order valence-corrected chi connectivity index (χ1v) is 5.80. The highest BCUT2D eigenvalue weighted by molar-refractivity contribution is 5.95. The van der Waals surface area contributed by atoms with Gasteiger partial charge in [-0.3, -0.25) is 4.79 Å². The van der Waals surface area contributed by atoms with E-state index in [4.69, 9.17) is 4.74 Å². The van der Waals surface area contributed by atoms with Crippen molar-refractivity contribution >= 4 is 5.91 Å². The molecule has 2 atom stereocenters. The van der Waals surface area contributed by atoms with Crippen molar-refractivity contribution in [1.82, 2.24) is 5.32 Å². The summed E-state index contributed by atoms with van der Waals surface area (Å²) in [7, 11) is 1.44. The van der Waals surface area contributed by atoms with Crippen molar-refractivity contribution in [2.75, 3.05) is 7.11 Å². The Bertz CT molecular complexity index is 417. The van der Waals surface area contributed by atoms with Gasteiger partial charge in [0.1, 0.15) is 0 Å². The van der Waals surface area contributed by atoms with E-state index in [0.717, 1.165) is 0 Å². The molecule has 0 aliphatic carbocycles. The van der Waals surface area contributed by atoms with Gasteiger partial charge in [0.15, 0.2) is 11.5 Å². The number of phenols is 1. The number of ether oxygens (including phenoxy) is 1. The molecule has 1 aromatic rings. The number of carbonyl (C=O) groups is 1. The van der Waals surface area contributed by atoms with E-state index >= 15 is 0 Å². The number of aliphatic hydroxyl groups is 1. The maximum absolute atomic E-state index is 11.8. The third-order valence-electron chi connectivity index (χ3n) is 2.51. The van der Waals surface area contributed by atoms with Crippen LogP contribution in [-0.2, 0) is 0 Å². The Morgan fingerprint density at radius 3 is 2.61 bits per heavy atom. The summed E-state index contributed by atoms with van der Waals surface area (Å²) in [5.74, 6) is -0.0435. The van der Waals surface area contributed by atoms with Crippen molar-refractivity contribution < 1.29 is 19.7 Å². The van der Waals surface area contributed by atoms with E-state index < -0.39 is 6.10 Å². The Balaban J connectivity index is 2.70. The molecular formula is C13H19NO4. The lowest BCUT2D eigenvalue weighted by Gasteiger charge is -2.15. The molecule has 100 valence electrons. The fourth-order valence-electron chi connectivity index (χ4n) is 1.71. The third kappa shape index (κ3) is 3.92. The summed E-state index contributed by atoms with van der Waals surface area (Å²) >= 11 is 0. The molecule has 1 rings (SSSR count). The lowest BCUT2D eigenvalue weighted by molar-refractivity contribution is 0.0922. The number of benzene rings is 1. The second-order valence-electron chi connectivity index (χ2n) is 4.35. The maximum atomic E-state index is 11.8. The summed E-state index contributed by atoms with van der Waals surface area (Å²) in [5.41, 5.74) is 0.353. The number of hydrogen-bond donors (Lipinski definition) is 3. The van der Waals surface area contributed by atoms with Crippen molar-refractivity contribution in [3.05, 3.63) is 23.8 Å². The molecule has 5 nitrogen and oxygen atoms in total. The average Bonchev–Trinajstić information content (AvgIpc) is 2.27. The number of nitrogens with one attached hydrogen (secondary N) is 1. The number of hydrogen-bond acceptors (Lipinski definition) is 4. The van der Waals surface area contributed by atoms with Gasteiger partial charge in [0.2, 0.25) is 0 Å². The molecule has 1 amide bonds. The number of phenolic OH excluding ortho intramolecular Hbond substituents is 1. The lowest BCUT2D eigenvalue weighted by Crippen LogP contribution is -2.34. The fraction of sp³-hybridized carbons (Fsp3) is 0.462. The number of rotatable bonds is 5. The number of methoxy groups -OCH3 is 1. The van der Waals surface area contributed by atoms with Crippen molar-refractivity contribution in [3.63, 3.8) is 0 Å². The van der Waals surface area contributed by atoms with Crippen LogP contribution in [0.25, 0.3) is 0 Å². The highest BCUT2D eigenvalue weighted by Gasteiger charge is 2.13. The van der Waals surface area contributed by atoms with E-state index in [0.29, 0.717) is 17.7 Å². The second-order valence-corrected chi connectivity index (χ2v) is 4.35. The summed E-state index contributed by atoms with van der Waals surface area (Å²) in [4.78, 5) is 11.8. The monoisotopic (exact) mass is 253 g/mol. The molecular weight excluding hydrogens is 234 g/mol. The molecule has 1 aromatic carbocycles. The van der Waals surface area contributed by atoms with Gasteiger partial charge in [-0.2, -0.15) is 0 Å². The van der Waals surface area contributed by atoms with E-state index in [-0.39, 0.29) is 17.7 Å². The zero-order chi connectivity index (χ0) is 13.7. The van der Waals surface area contributed by atoms with Crippen LogP contribution in [0.2, 0.25) is 0 Å². The summed E-state index contributed by atoms with van der Waals surface area (Å²) in [6.07, 6.45) is 0.0120. The van der Waals surface area contributed by atoms with Crippen LogP contribution in [0.15, 0.2) is 18.2 Å². The summed E-state index contributed by atoms with van der Waals surface area (Å²) in [6, 6.07) is 4.32. The second kappa shape index (κ2) is 6.26. The molecule has 0 bridgehead atoms. The van der Waals surface area contributed by atoms with Gasteiger partial charge in [-0.05, 0) is 38.5 Å². The first-order valence-electron chi connectivity index (χ1n) is 5.80. The molecule has 5 heteroatoms. The summed E-state index contributed by atoms with van der Waals surface area (Å²) in [6.45, 7) is 3.48. The first-order chi connectivity index (χ1) is 8.43. The Kier molecular flexibility index (Phi) is 4.97. The Morgan fingerprint density at radius 2 is 2.11 bits per heavy atom. The molecule has 0 aliphatic rings. The van der Waals surface area contributed by atoms with Gasteiger partial charge in [0, 0.05) is 11.6 Å². The number of carbonyl (C=O) groups excluding carboxylic acids is 1. The summed E-state index contributed by atoms with van der Waals surface area (Å²) < 4.78 is 4.90. The number of aromatic hydroxyl groups is 1. The van der Waals surface area contributed by atoms with Crippen molar-refractivity contribution in [1.29, 1.82) is 0 Å². The summed E-state index contributed by atoms with van der Waals surface area (Å²) in [5, 5.41) is 21.5. The van der Waals surface area contributed by atoms with Gasteiger partial charge < -0.3 is 20.3 Å². The largest absolute Gasteiger partial charge is 0.504 e. The fourth-order valence-corrected chi connectivity index (χ4v) is 1.71. The Hall–Kier alpha value is -1.75. The molecule has 3 N–H and O–H groups in total. The topological polar surface area (TPSA) is 78.8 Å². The molecule has 0 saturated carbocycles. The van der Waals surface area contributed by atoms with Gasteiger partial charge >= 0.3 is 0 Å². The molecule has 0 fully saturated rings. The first kappa shape index (κ1) is 14.3. The lowest BCUT2D eigenvalue weighted by atomic mass is 10.1. The average molecular weight is 253 g/mol. The van der Waals surface area contributed by atoms with Gasteiger partial charge in [-0.15, -0.1) is 0 Å². The normalized spacial score (nSPS) is 13.8. The molecule has 0 saturated heterocycles. The van der Waals surface area contributed by atoms with Gasteiger partial charge in [0.05, 0.1) is 13.2 Å². The number of aliphatic hydroxyl groups excluding tert-OH is 1. The van der Waals surface area contributed by atoms with Crippen LogP contribution in [0.3, 0.4) is 0 Å². The SMILES string of the molecule is COc1ccc(C(=O)NC(C)CC(C)O)cc1O. The molecule has 18 heavy (non-hydrogen) atoms. The van der Waals surface area contributed by atoms with Crippen LogP contribution in [0.4, 0.5) is 0 Å².